The molecule has 2 aliphatic carbocycles. The molecule has 1 saturated carbocycles. The number of Topliss-reactive ketones (excluding diaryl/α,β-unsaturated/α-hetero) is 1. The molecule has 2 aliphatic heterocycles. The van der Waals surface area contributed by atoms with Crippen molar-refractivity contribution in [1.82, 2.24) is 0 Å². The number of quaternary nitrogens is 1. The van der Waals surface area contributed by atoms with Crippen molar-refractivity contribution in [3.8, 4) is 11.5 Å². The largest absolute Gasteiger partial charge is 0.504 e. The number of rotatable bonds is 0. The molecule has 2 bridgehead atoms. The van der Waals surface area contributed by atoms with Crippen LogP contribution in [0.15, 0.2) is 12.1 Å². The molecule has 4 N–H and O–H groups in total. The number of piperidine rings is 1. The van der Waals surface area contributed by atoms with E-state index in [1.807, 2.05) is 13.1 Å². The minimum absolute atomic E-state index is 0.00175. The maximum atomic E-state index is 12.6. The number of nitrogens with one attached hydrogen (secondary N) is 1. The van der Waals surface area contributed by atoms with Gasteiger partial charge in [0.25, 0.3) is 0 Å². The average Bonchev–Trinajstić information content (AvgIpc) is 2.86. The maximum Gasteiger partial charge on any atom is 0.177 e. The second-order valence-electron chi connectivity index (χ2n) is 7.53. The standard InChI is InChI=1S/C17H19NO5/c1-18-5-4-16-13-8-2-3-9(19)14(13)23-15(16)10(20)7-12(21)17(16,22)11(18)6-8/h2-3,11-12,15,19,21-22H,4-7H2,1H3/p+1/t11-,12?,15?,16+,17+/m1/s1. The molecule has 0 aromatic heterocycles. The van der Waals surface area contributed by atoms with Crippen molar-refractivity contribution < 1.29 is 29.8 Å². The van der Waals surface area contributed by atoms with Gasteiger partial charge in [-0.3, -0.25) is 4.79 Å². The first-order valence-corrected chi connectivity index (χ1v) is 8.18. The number of aliphatic hydroxyl groups is 2. The zero-order chi connectivity index (χ0) is 16.1. The van der Waals surface area contributed by atoms with Crippen molar-refractivity contribution in [1.29, 1.82) is 0 Å². The summed E-state index contributed by atoms with van der Waals surface area (Å²) in [6, 6.07) is 3.27. The van der Waals surface area contributed by atoms with Gasteiger partial charge in [-0.1, -0.05) is 6.07 Å². The zero-order valence-electron chi connectivity index (χ0n) is 12.9. The average molecular weight is 318 g/mol. The summed E-state index contributed by atoms with van der Waals surface area (Å²) in [5.74, 6) is 0.136. The second kappa shape index (κ2) is 3.88. The number of ketones is 1. The van der Waals surface area contributed by atoms with Crippen molar-refractivity contribution in [2.45, 2.75) is 48.5 Å². The first-order chi connectivity index (χ1) is 10.9. The van der Waals surface area contributed by atoms with Crippen LogP contribution in [0.4, 0.5) is 0 Å². The molecular weight excluding hydrogens is 298 g/mol. The van der Waals surface area contributed by atoms with Gasteiger partial charge < -0.3 is 25.0 Å². The summed E-state index contributed by atoms with van der Waals surface area (Å²) >= 11 is 0. The number of hydrogen-bond acceptors (Lipinski definition) is 5. The highest BCUT2D eigenvalue weighted by Crippen LogP contribution is 2.62. The van der Waals surface area contributed by atoms with Gasteiger partial charge in [-0.25, -0.2) is 0 Å². The number of ether oxygens (including phenoxy) is 1. The normalized spacial score (nSPS) is 46.3. The molecule has 0 radical (unpaired) electrons. The third-order valence-electron chi connectivity index (χ3n) is 6.73. The topological polar surface area (TPSA) is 91.4 Å². The van der Waals surface area contributed by atoms with Crippen LogP contribution in [0.3, 0.4) is 0 Å². The summed E-state index contributed by atoms with van der Waals surface area (Å²) in [5.41, 5.74) is -0.579. The van der Waals surface area contributed by atoms with Gasteiger partial charge in [0.05, 0.1) is 25.1 Å². The molecule has 4 aliphatic rings. The number of likely N-dealkylation sites (N-methyl/N-ethyl adjacent to an activating group) is 1. The van der Waals surface area contributed by atoms with E-state index in [1.165, 1.54) is 0 Å². The molecule has 122 valence electrons. The lowest BCUT2D eigenvalue weighted by molar-refractivity contribution is -0.924. The maximum absolute atomic E-state index is 12.6. The van der Waals surface area contributed by atoms with Crippen molar-refractivity contribution in [2.75, 3.05) is 13.6 Å². The molecule has 6 nitrogen and oxygen atoms in total. The van der Waals surface area contributed by atoms with Gasteiger partial charge in [-0.15, -0.1) is 0 Å². The molecular formula is C17H20NO5+. The number of aliphatic hydroxyl groups excluding tert-OH is 1. The lowest BCUT2D eigenvalue weighted by atomic mass is 9.48. The van der Waals surface area contributed by atoms with E-state index in [0.29, 0.717) is 18.6 Å². The Hall–Kier alpha value is -1.63. The molecule has 1 aromatic rings. The quantitative estimate of drug-likeness (QED) is 0.458. The Morgan fingerprint density at radius 3 is 2.91 bits per heavy atom. The van der Waals surface area contributed by atoms with Crippen molar-refractivity contribution in [3.63, 3.8) is 0 Å². The third-order valence-corrected chi connectivity index (χ3v) is 6.73. The Morgan fingerprint density at radius 2 is 2.13 bits per heavy atom. The fourth-order valence-corrected chi connectivity index (χ4v) is 5.74. The van der Waals surface area contributed by atoms with Gasteiger partial charge in [0.15, 0.2) is 29.0 Å². The van der Waals surface area contributed by atoms with E-state index in [-0.39, 0.29) is 24.0 Å². The summed E-state index contributed by atoms with van der Waals surface area (Å²) in [6.07, 6.45) is -0.849. The van der Waals surface area contributed by atoms with Gasteiger partial charge in [-0.2, -0.15) is 0 Å². The van der Waals surface area contributed by atoms with Crippen LogP contribution in [0.2, 0.25) is 0 Å². The molecule has 6 heteroatoms. The molecule has 1 saturated heterocycles. The fourth-order valence-electron chi connectivity index (χ4n) is 5.74. The van der Waals surface area contributed by atoms with Gasteiger partial charge >= 0.3 is 0 Å². The lowest BCUT2D eigenvalue weighted by Gasteiger charge is -2.61. The van der Waals surface area contributed by atoms with Crippen LogP contribution in [0.5, 0.6) is 11.5 Å². The minimum atomic E-state index is -1.40. The predicted molar refractivity (Wildman–Crippen MR) is 78.6 cm³/mol. The van der Waals surface area contributed by atoms with Crippen LogP contribution in [0.25, 0.3) is 0 Å². The molecule has 6 atom stereocenters. The van der Waals surface area contributed by atoms with E-state index < -0.39 is 23.2 Å². The van der Waals surface area contributed by atoms with Gasteiger partial charge in [0.1, 0.15) is 6.04 Å². The summed E-state index contributed by atoms with van der Waals surface area (Å²) in [4.78, 5) is 13.7. The highest BCUT2D eigenvalue weighted by molar-refractivity contribution is 5.90. The van der Waals surface area contributed by atoms with Gasteiger partial charge in [0, 0.05) is 24.8 Å². The lowest BCUT2D eigenvalue weighted by Crippen LogP contribution is -3.19. The SMILES string of the molecule is C[NH+]1CC[C@]23c4c5ccc(O)c4OC2C(=O)CC(O)[C@@]3(O)[C@H]1C5. The van der Waals surface area contributed by atoms with Gasteiger partial charge in [-0.05, 0) is 11.6 Å². The van der Waals surface area contributed by atoms with E-state index in [9.17, 15) is 20.1 Å². The summed E-state index contributed by atoms with van der Waals surface area (Å²) in [5, 5.41) is 32.6. The van der Waals surface area contributed by atoms with E-state index in [4.69, 9.17) is 4.74 Å². The molecule has 23 heavy (non-hydrogen) atoms. The Balaban J connectivity index is 1.89. The van der Waals surface area contributed by atoms with E-state index in [1.54, 1.807) is 6.07 Å². The molecule has 3 unspecified atom stereocenters. The number of benzene rings is 1. The van der Waals surface area contributed by atoms with Gasteiger partial charge in [0.2, 0.25) is 0 Å². The summed E-state index contributed by atoms with van der Waals surface area (Å²) in [7, 11) is 2.02. The zero-order valence-corrected chi connectivity index (χ0v) is 12.9. The fraction of sp³-hybridized carbons (Fsp3) is 0.588. The molecule has 2 heterocycles. The predicted octanol–water partition coefficient (Wildman–Crippen LogP) is -1.70. The smallest absolute Gasteiger partial charge is 0.177 e. The highest BCUT2D eigenvalue weighted by atomic mass is 16.5. The number of hydrogen-bond donors (Lipinski definition) is 4. The third kappa shape index (κ3) is 1.24. The van der Waals surface area contributed by atoms with Crippen LogP contribution in [-0.4, -0.2) is 58.5 Å². The molecule has 5 rings (SSSR count). The van der Waals surface area contributed by atoms with Crippen molar-refractivity contribution in [2.24, 2.45) is 0 Å². The molecule has 1 aromatic carbocycles. The van der Waals surface area contributed by atoms with Crippen LogP contribution in [0.1, 0.15) is 24.0 Å². The van der Waals surface area contributed by atoms with Crippen molar-refractivity contribution in [3.05, 3.63) is 23.3 Å². The Bertz CT molecular complexity index is 749. The first kappa shape index (κ1) is 13.8. The molecule has 0 amide bonds. The summed E-state index contributed by atoms with van der Waals surface area (Å²) < 4.78 is 5.89. The molecule has 1 spiro atoms. The van der Waals surface area contributed by atoms with E-state index >= 15 is 0 Å². The number of carbonyl (C=O) groups excluding carboxylic acids is 1. The van der Waals surface area contributed by atoms with Crippen LogP contribution >= 0.6 is 0 Å². The first-order valence-electron chi connectivity index (χ1n) is 8.18. The van der Waals surface area contributed by atoms with E-state index in [2.05, 4.69) is 0 Å². The van der Waals surface area contributed by atoms with Crippen LogP contribution in [0, 0.1) is 0 Å². The molecule has 2 fully saturated rings. The number of likely N-dealkylation sites (tertiary alicyclic amines) is 1. The minimum Gasteiger partial charge on any atom is -0.504 e. The number of carbonyl (C=O) groups is 1. The van der Waals surface area contributed by atoms with Crippen LogP contribution in [-0.2, 0) is 16.6 Å². The van der Waals surface area contributed by atoms with E-state index in [0.717, 1.165) is 22.6 Å². The Kier molecular flexibility index (Phi) is 2.33. The Morgan fingerprint density at radius 1 is 1.35 bits per heavy atom. The highest BCUT2D eigenvalue weighted by Gasteiger charge is 2.77. The number of phenolic OH excluding ortho intramolecular Hbond substituents is 1. The van der Waals surface area contributed by atoms with Crippen LogP contribution < -0.4 is 9.64 Å². The van der Waals surface area contributed by atoms with Crippen molar-refractivity contribution >= 4 is 5.78 Å². The number of aromatic hydroxyl groups is 1. The monoisotopic (exact) mass is 318 g/mol. The Labute approximate surface area is 133 Å². The summed E-state index contributed by atoms with van der Waals surface area (Å²) in [6.45, 7) is 0.793. The second-order valence-corrected chi connectivity index (χ2v) is 7.53. The number of phenols is 1.